The summed E-state index contributed by atoms with van der Waals surface area (Å²) in [6, 6.07) is 7.84. The molecule has 2 rings (SSSR count). The lowest BCUT2D eigenvalue weighted by atomic mass is 10.0. The van der Waals surface area contributed by atoms with Gasteiger partial charge in [0.15, 0.2) is 10.9 Å². The summed E-state index contributed by atoms with van der Waals surface area (Å²) in [5.74, 6) is -0.413. The Kier molecular flexibility index (Phi) is 4.74. The molecule has 0 aliphatic heterocycles. The predicted octanol–water partition coefficient (Wildman–Crippen LogP) is 3.35. The first-order chi connectivity index (χ1) is 9.67. The number of aryl methyl sites for hydroxylation is 1. The van der Waals surface area contributed by atoms with Gasteiger partial charge in [-0.05, 0) is 31.2 Å². The molecular weight excluding hydrogens is 272 g/mol. The summed E-state index contributed by atoms with van der Waals surface area (Å²) in [7, 11) is 0. The second-order valence-corrected chi connectivity index (χ2v) is 4.93. The SMILES string of the molecule is CCOC(=O)c1nc(SC)ncc1-c1ccccc1C. The molecule has 0 fully saturated rings. The molecule has 0 amide bonds. The minimum atomic E-state index is -0.413. The van der Waals surface area contributed by atoms with Crippen molar-refractivity contribution in [2.45, 2.75) is 19.0 Å². The highest BCUT2D eigenvalue weighted by atomic mass is 32.2. The number of esters is 1. The van der Waals surface area contributed by atoms with Crippen LogP contribution in [0.2, 0.25) is 0 Å². The van der Waals surface area contributed by atoms with Gasteiger partial charge in [0.1, 0.15) is 0 Å². The zero-order valence-corrected chi connectivity index (χ0v) is 12.5. The van der Waals surface area contributed by atoms with Gasteiger partial charge >= 0.3 is 5.97 Å². The summed E-state index contributed by atoms with van der Waals surface area (Å²) >= 11 is 1.40. The zero-order valence-electron chi connectivity index (χ0n) is 11.7. The molecule has 0 saturated heterocycles. The molecule has 1 heterocycles. The van der Waals surface area contributed by atoms with E-state index in [1.54, 1.807) is 13.1 Å². The first-order valence-electron chi connectivity index (χ1n) is 6.31. The van der Waals surface area contributed by atoms with Crippen LogP contribution in [0.4, 0.5) is 0 Å². The van der Waals surface area contributed by atoms with Crippen LogP contribution in [0.1, 0.15) is 23.0 Å². The van der Waals surface area contributed by atoms with E-state index in [0.29, 0.717) is 23.0 Å². The van der Waals surface area contributed by atoms with Crippen molar-refractivity contribution < 1.29 is 9.53 Å². The van der Waals surface area contributed by atoms with E-state index in [9.17, 15) is 4.79 Å². The molecule has 0 radical (unpaired) electrons. The number of nitrogens with zero attached hydrogens (tertiary/aromatic N) is 2. The van der Waals surface area contributed by atoms with Crippen molar-refractivity contribution in [3.63, 3.8) is 0 Å². The second kappa shape index (κ2) is 6.52. The Morgan fingerprint density at radius 2 is 2.05 bits per heavy atom. The molecule has 104 valence electrons. The van der Waals surface area contributed by atoms with Gasteiger partial charge < -0.3 is 4.74 Å². The van der Waals surface area contributed by atoms with Gasteiger partial charge in [0.2, 0.25) is 0 Å². The molecule has 2 aromatic rings. The first-order valence-corrected chi connectivity index (χ1v) is 7.54. The molecule has 5 heteroatoms. The average molecular weight is 288 g/mol. The third-order valence-corrected chi connectivity index (χ3v) is 3.42. The summed E-state index contributed by atoms with van der Waals surface area (Å²) < 4.78 is 5.09. The van der Waals surface area contributed by atoms with E-state index in [0.717, 1.165) is 11.1 Å². The van der Waals surface area contributed by atoms with Crippen LogP contribution in [-0.4, -0.2) is 28.8 Å². The van der Waals surface area contributed by atoms with Crippen LogP contribution in [0.25, 0.3) is 11.1 Å². The van der Waals surface area contributed by atoms with Crippen LogP contribution in [-0.2, 0) is 4.74 Å². The molecule has 0 N–H and O–H groups in total. The highest BCUT2D eigenvalue weighted by Gasteiger charge is 2.18. The van der Waals surface area contributed by atoms with Crippen molar-refractivity contribution in [1.82, 2.24) is 9.97 Å². The van der Waals surface area contributed by atoms with E-state index in [2.05, 4.69) is 9.97 Å². The summed E-state index contributed by atoms with van der Waals surface area (Å²) in [5.41, 5.74) is 3.04. The van der Waals surface area contributed by atoms with Crippen LogP contribution < -0.4 is 0 Å². The largest absolute Gasteiger partial charge is 0.461 e. The number of aromatic nitrogens is 2. The van der Waals surface area contributed by atoms with Crippen molar-refractivity contribution in [2.75, 3.05) is 12.9 Å². The number of hydrogen-bond donors (Lipinski definition) is 0. The maximum absolute atomic E-state index is 12.1. The van der Waals surface area contributed by atoms with Crippen molar-refractivity contribution in [1.29, 1.82) is 0 Å². The average Bonchev–Trinajstić information content (AvgIpc) is 2.47. The van der Waals surface area contributed by atoms with Crippen molar-refractivity contribution >= 4 is 17.7 Å². The molecule has 0 unspecified atom stereocenters. The minimum absolute atomic E-state index is 0.320. The molecule has 20 heavy (non-hydrogen) atoms. The van der Waals surface area contributed by atoms with E-state index in [1.165, 1.54) is 11.8 Å². The second-order valence-electron chi connectivity index (χ2n) is 4.15. The Morgan fingerprint density at radius 3 is 2.70 bits per heavy atom. The van der Waals surface area contributed by atoms with Crippen molar-refractivity contribution in [3.8, 4) is 11.1 Å². The first kappa shape index (κ1) is 14.5. The van der Waals surface area contributed by atoms with Gasteiger partial charge in [0.25, 0.3) is 0 Å². The lowest BCUT2D eigenvalue weighted by Crippen LogP contribution is -2.10. The number of benzene rings is 1. The molecule has 4 nitrogen and oxygen atoms in total. The Labute approximate surface area is 122 Å². The highest BCUT2D eigenvalue weighted by Crippen LogP contribution is 2.27. The Hall–Kier alpha value is -1.88. The lowest BCUT2D eigenvalue weighted by Gasteiger charge is -2.10. The van der Waals surface area contributed by atoms with Gasteiger partial charge in [0.05, 0.1) is 6.61 Å². The van der Waals surface area contributed by atoms with E-state index in [-0.39, 0.29) is 0 Å². The highest BCUT2D eigenvalue weighted by molar-refractivity contribution is 7.98. The third-order valence-electron chi connectivity index (χ3n) is 2.85. The zero-order chi connectivity index (χ0) is 14.5. The summed E-state index contributed by atoms with van der Waals surface area (Å²) in [4.78, 5) is 20.7. The van der Waals surface area contributed by atoms with E-state index < -0.39 is 5.97 Å². The molecule has 0 saturated carbocycles. The van der Waals surface area contributed by atoms with Crippen LogP contribution in [0.5, 0.6) is 0 Å². The predicted molar refractivity (Wildman–Crippen MR) is 79.9 cm³/mol. The molecule has 0 aliphatic rings. The van der Waals surface area contributed by atoms with Crippen LogP contribution in [0.3, 0.4) is 0 Å². The quantitative estimate of drug-likeness (QED) is 0.490. The third kappa shape index (κ3) is 2.99. The number of carbonyl (C=O) groups is 1. The Morgan fingerprint density at radius 1 is 1.30 bits per heavy atom. The van der Waals surface area contributed by atoms with E-state index in [4.69, 9.17) is 4.74 Å². The number of carbonyl (C=O) groups excluding carboxylic acids is 1. The molecule has 1 aromatic heterocycles. The van der Waals surface area contributed by atoms with Gasteiger partial charge in [0, 0.05) is 11.8 Å². The van der Waals surface area contributed by atoms with Gasteiger partial charge in [-0.3, -0.25) is 0 Å². The fraction of sp³-hybridized carbons (Fsp3) is 0.267. The smallest absolute Gasteiger partial charge is 0.357 e. The number of ether oxygens (including phenoxy) is 1. The number of rotatable bonds is 4. The molecule has 0 bridgehead atoms. The molecule has 0 spiro atoms. The minimum Gasteiger partial charge on any atom is -0.461 e. The maximum atomic E-state index is 12.1. The fourth-order valence-electron chi connectivity index (χ4n) is 1.89. The molecule has 0 atom stereocenters. The number of hydrogen-bond acceptors (Lipinski definition) is 5. The van der Waals surface area contributed by atoms with E-state index in [1.807, 2.05) is 37.4 Å². The monoisotopic (exact) mass is 288 g/mol. The maximum Gasteiger partial charge on any atom is 0.357 e. The van der Waals surface area contributed by atoms with Crippen molar-refractivity contribution in [3.05, 3.63) is 41.7 Å². The molecule has 0 aliphatic carbocycles. The summed E-state index contributed by atoms with van der Waals surface area (Å²) in [6.07, 6.45) is 3.56. The Balaban J connectivity index is 2.58. The lowest BCUT2D eigenvalue weighted by molar-refractivity contribution is 0.0519. The van der Waals surface area contributed by atoms with Gasteiger partial charge in [-0.2, -0.15) is 0 Å². The topological polar surface area (TPSA) is 52.1 Å². The van der Waals surface area contributed by atoms with Crippen LogP contribution >= 0.6 is 11.8 Å². The normalized spacial score (nSPS) is 10.3. The van der Waals surface area contributed by atoms with E-state index >= 15 is 0 Å². The molecule has 1 aromatic carbocycles. The molecular formula is C15H16N2O2S. The number of thioether (sulfide) groups is 1. The summed E-state index contributed by atoms with van der Waals surface area (Å²) in [5, 5.41) is 0.561. The van der Waals surface area contributed by atoms with Crippen molar-refractivity contribution in [2.24, 2.45) is 0 Å². The van der Waals surface area contributed by atoms with Gasteiger partial charge in [-0.25, -0.2) is 14.8 Å². The standard InChI is InChI=1S/C15H16N2O2S/c1-4-19-14(18)13-12(9-16-15(17-13)20-3)11-8-6-5-7-10(11)2/h5-9H,4H2,1-3H3. The summed E-state index contributed by atoms with van der Waals surface area (Å²) in [6.45, 7) is 4.10. The van der Waals surface area contributed by atoms with Crippen LogP contribution in [0, 0.1) is 6.92 Å². The van der Waals surface area contributed by atoms with Crippen LogP contribution in [0.15, 0.2) is 35.6 Å². The Bertz CT molecular complexity index is 629. The van der Waals surface area contributed by atoms with Gasteiger partial charge in [-0.1, -0.05) is 36.0 Å². The fourth-order valence-corrected chi connectivity index (χ4v) is 2.23. The van der Waals surface area contributed by atoms with Gasteiger partial charge in [-0.15, -0.1) is 0 Å².